The molecule has 2 unspecified atom stereocenters. The highest BCUT2D eigenvalue weighted by Gasteiger charge is 2.27. The van der Waals surface area contributed by atoms with E-state index < -0.39 is 0 Å². The summed E-state index contributed by atoms with van der Waals surface area (Å²) < 4.78 is 5.96. The number of fused-ring (bicyclic) bond motifs is 1. The first-order valence-electron chi connectivity index (χ1n) is 9.60. The number of hydrogen-bond acceptors (Lipinski definition) is 7. The molecule has 0 amide bonds. The van der Waals surface area contributed by atoms with Crippen molar-refractivity contribution in [3.63, 3.8) is 0 Å². The first kappa shape index (κ1) is 20.4. The maximum Gasteiger partial charge on any atom is 0.223 e. The molecule has 150 valence electrons. The molecule has 3 heterocycles. The lowest BCUT2D eigenvalue weighted by Gasteiger charge is -2.16. The van der Waals surface area contributed by atoms with Gasteiger partial charge in [-0.3, -0.25) is 4.98 Å². The molecule has 0 spiro atoms. The minimum Gasteiger partial charge on any atom is -0.454 e. The first-order valence-corrected chi connectivity index (χ1v) is 9.98. The lowest BCUT2D eigenvalue weighted by atomic mass is 10.1. The van der Waals surface area contributed by atoms with Gasteiger partial charge in [-0.2, -0.15) is 4.98 Å². The highest BCUT2D eigenvalue weighted by Crippen LogP contribution is 2.38. The molecule has 0 aliphatic heterocycles. The molecule has 3 aromatic rings. The van der Waals surface area contributed by atoms with E-state index >= 15 is 0 Å². The Hall–Kier alpha value is -2.38. The third kappa shape index (κ3) is 4.05. The van der Waals surface area contributed by atoms with Gasteiger partial charge >= 0.3 is 0 Å². The molecule has 1 aliphatic rings. The molecule has 1 saturated carbocycles. The third-order valence-electron chi connectivity index (χ3n) is 4.91. The van der Waals surface area contributed by atoms with Gasteiger partial charge in [0.1, 0.15) is 16.7 Å². The number of nitrogens with one attached hydrogen (secondary N) is 1. The van der Waals surface area contributed by atoms with Crippen molar-refractivity contribution in [1.29, 1.82) is 0 Å². The van der Waals surface area contributed by atoms with Gasteiger partial charge in [-0.1, -0.05) is 25.4 Å². The highest BCUT2D eigenvalue weighted by atomic mass is 35.5. The zero-order valence-electron chi connectivity index (χ0n) is 16.4. The molecule has 8 heteroatoms. The van der Waals surface area contributed by atoms with Crippen LogP contribution >= 0.6 is 11.6 Å². The zero-order chi connectivity index (χ0) is 20.3. The van der Waals surface area contributed by atoms with Crippen molar-refractivity contribution < 1.29 is 9.52 Å². The summed E-state index contributed by atoms with van der Waals surface area (Å²) in [5.74, 6) is 1.54. The van der Waals surface area contributed by atoms with Crippen molar-refractivity contribution in [3.05, 3.63) is 29.2 Å². The predicted molar refractivity (Wildman–Crippen MR) is 112 cm³/mol. The van der Waals surface area contributed by atoms with Crippen LogP contribution in [0.5, 0.6) is 0 Å². The first-order chi connectivity index (χ1) is 13.5. The van der Waals surface area contributed by atoms with Crippen LogP contribution in [0.15, 0.2) is 22.9 Å². The number of aliphatic hydroxyl groups is 1. The SMILES string of the molecule is CC.Cc1cncc2oc(-c3c(Cl)nc(N)nc3NC3CCC(CO)C3)cc12. The number of pyridine rings is 1. The lowest BCUT2D eigenvalue weighted by molar-refractivity contribution is 0.229. The van der Waals surface area contributed by atoms with Gasteiger partial charge in [-0.15, -0.1) is 0 Å². The number of aliphatic hydroxyl groups excluding tert-OH is 1. The van der Waals surface area contributed by atoms with Crippen LogP contribution in [0.4, 0.5) is 11.8 Å². The van der Waals surface area contributed by atoms with E-state index in [9.17, 15) is 5.11 Å². The van der Waals surface area contributed by atoms with Gasteiger partial charge in [0.05, 0.1) is 11.8 Å². The van der Waals surface area contributed by atoms with Crippen LogP contribution in [-0.2, 0) is 0 Å². The molecule has 7 nitrogen and oxygen atoms in total. The lowest BCUT2D eigenvalue weighted by Crippen LogP contribution is -2.18. The minimum absolute atomic E-state index is 0.104. The Morgan fingerprint density at radius 2 is 2.07 bits per heavy atom. The Labute approximate surface area is 169 Å². The molecule has 0 bridgehead atoms. The molecule has 4 N–H and O–H groups in total. The van der Waals surface area contributed by atoms with E-state index in [0.717, 1.165) is 30.2 Å². The summed E-state index contributed by atoms with van der Waals surface area (Å²) in [5, 5.41) is 14.0. The molecule has 3 aromatic heterocycles. The molecular formula is C20H26ClN5O2. The Morgan fingerprint density at radius 3 is 2.75 bits per heavy atom. The number of halogens is 1. The number of anilines is 2. The van der Waals surface area contributed by atoms with Crippen molar-refractivity contribution in [2.75, 3.05) is 17.7 Å². The summed E-state index contributed by atoms with van der Waals surface area (Å²) in [6.45, 7) is 6.18. The summed E-state index contributed by atoms with van der Waals surface area (Å²) in [4.78, 5) is 12.6. The van der Waals surface area contributed by atoms with E-state index in [0.29, 0.717) is 28.6 Å². The Balaban J connectivity index is 0.00000109. The van der Waals surface area contributed by atoms with E-state index in [1.165, 1.54) is 0 Å². The van der Waals surface area contributed by atoms with Gasteiger partial charge < -0.3 is 20.6 Å². The Morgan fingerprint density at radius 1 is 1.29 bits per heavy atom. The standard InChI is InChI=1S/C18H20ClN5O2.C2H6/c1-9-6-21-7-14-12(9)5-13(26-14)15-16(19)23-18(20)24-17(15)22-11-3-2-10(4-11)8-25;1-2/h5-7,10-11,25H,2-4,8H2,1H3,(H3,20,22,23,24);1-2H3. The number of furan rings is 1. The summed E-state index contributed by atoms with van der Waals surface area (Å²) in [6, 6.07) is 2.12. The van der Waals surface area contributed by atoms with Crippen molar-refractivity contribution in [2.24, 2.45) is 5.92 Å². The molecule has 2 atom stereocenters. The second-order valence-electron chi connectivity index (χ2n) is 6.78. The number of nitrogens with two attached hydrogens (primary N) is 1. The number of aryl methyl sites for hydroxylation is 1. The molecule has 0 aromatic carbocycles. The second-order valence-corrected chi connectivity index (χ2v) is 7.14. The van der Waals surface area contributed by atoms with Crippen molar-refractivity contribution in [1.82, 2.24) is 15.0 Å². The van der Waals surface area contributed by atoms with Crippen LogP contribution in [0, 0.1) is 12.8 Å². The molecule has 4 rings (SSSR count). The third-order valence-corrected chi connectivity index (χ3v) is 5.19. The van der Waals surface area contributed by atoms with Crippen LogP contribution in [0.25, 0.3) is 22.3 Å². The molecule has 28 heavy (non-hydrogen) atoms. The van der Waals surface area contributed by atoms with Crippen LogP contribution in [-0.4, -0.2) is 32.7 Å². The Bertz CT molecular complexity index is 959. The maximum atomic E-state index is 9.36. The summed E-state index contributed by atoms with van der Waals surface area (Å²) >= 11 is 6.39. The minimum atomic E-state index is 0.104. The fourth-order valence-corrected chi connectivity index (χ4v) is 3.83. The molecular weight excluding hydrogens is 378 g/mol. The van der Waals surface area contributed by atoms with E-state index in [2.05, 4.69) is 20.3 Å². The van der Waals surface area contributed by atoms with Gasteiger partial charge in [0, 0.05) is 24.2 Å². The van der Waals surface area contributed by atoms with E-state index in [1.807, 2.05) is 26.8 Å². The van der Waals surface area contributed by atoms with Crippen LogP contribution in [0.3, 0.4) is 0 Å². The zero-order valence-corrected chi connectivity index (χ0v) is 17.1. The number of rotatable bonds is 4. The molecule has 0 saturated heterocycles. The van der Waals surface area contributed by atoms with E-state index in [-0.39, 0.29) is 23.8 Å². The van der Waals surface area contributed by atoms with Crippen LogP contribution in [0.1, 0.15) is 38.7 Å². The summed E-state index contributed by atoms with van der Waals surface area (Å²) in [7, 11) is 0. The van der Waals surface area contributed by atoms with Gasteiger partial charge in [0.25, 0.3) is 0 Å². The van der Waals surface area contributed by atoms with Gasteiger partial charge in [-0.25, -0.2) is 4.98 Å². The van der Waals surface area contributed by atoms with Gasteiger partial charge in [0.2, 0.25) is 5.95 Å². The van der Waals surface area contributed by atoms with Gasteiger partial charge in [0.15, 0.2) is 5.58 Å². The van der Waals surface area contributed by atoms with Crippen LogP contribution < -0.4 is 11.1 Å². The van der Waals surface area contributed by atoms with E-state index in [1.54, 1.807) is 12.4 Å². The molecule has 1 aliphatic carbocycles. The number of nitrogens with zero attached hydrogens (tertiary/aromatic N) is 3. The van der Waals surface area contributed by atoms with E-state index in [4.69, 9.17) is 21.8 Å². The molecule has 1 fully saturated rings. The average molecular weight is 404 g/mol. The van der Waals surface area contributed by atoms with Crippen molar-refractivity contribution in [3.8, 4) is 11.3 Å². The topological polar surface area (TPSA) is 110 Å². The average Bonchev–Trinajstić information content (AvgIpc) is 3.30. The Kier molecular flexibility index (Phi) is 6.36. The normalized spacial score (nSPS) is 18.8. The molecule has 0 radical (unpaired) electrons. The smallest absolute Gasteiger partial charge is 0.223 e. The largest absolute Gasteiger partial charge is 0.454 e. The predicted octanol–water partition coefficient (Wildman–Crippen LogP) is 4.43. The number of nitrogen functional groups attached to an aromatic ring is 1. The number of aromatic nitrogens is 3. The summed E-state index contributed by atoms with van der Waals surface area (Å²) in [5.41, 5.74) is 8.09. The second kappa shape index (κ2) is 8.75. The maximum absolute atomic E-state index is 9.36. The van der Waals surface area contributed by atoms with Crippen LogP contribution in [0.2, 0.25) is 5.15 Å². The highest BCUT2D eigenvalue weighted by molar-refractivity contribution is 6.32. The monoisotopic (exact) mass is 403 g/mol. The quantitative estimate of drug-likeness (QED) is 0.552. The van der Waals surface area contributed by atoms with Gasteiger partial charge in [-0.05, 0) is 43.7 Å². The van der Waals surface area contributed by atoms with Crippen molar-refractivity contribution in [2.45, 2.75) is 46.1 Å². The summed E-state index contributed by atoms with van der Waals surface area (Å²) in [6.07, 6.45) is 6.27. The fraction of sp³-hybridized carbons (Fsp3) is 0.450. The fourth-order valence-electron chi connectivity index (χ4n) is 3.56. The van der Waals surface area contributed by atoms with Crippen molar-refractivity contribution >= 4 is 34.3 Å². The number of hydrogen-bond donors (Lipinski definition) is 3.